The van der Waals surface area contributed by atoms with Crippen LogP contribution in [0.3, 0.4) is 0 Å². The minimum absolute atomic E-state index is 0.0704. The van der Waals surface area contributed by atoms with Crippen molar-refractivity contribution in [1.29, 1.82) is 0 Å². The van der Waals surface area contributed by atoms with Crippen LogP contribution in [-0.2, 0) is 0 Å². The van der Waals surface area contributed by atoms with Gasteiger partial charge >= 0.3 is 0 Å². The second kappa shape index (κ2) is 5.98. The highest BCUT2D eigenvalue weighted by molar-refractivity contribution is 9.10. The van der Waals surface area contributed by atoms with Crippen molar-refractivity contribution in [3.63, 3.8) is 0 Å². The largest absolute Gasteiger partial charge is 0.323 e. The number of benzene rings is 1. The summed E-state index contributed by atoms with van der Waals surface area (Å²) in [6, 6.07) is 6.06. The minimum Gasteiger partial charge on any atom is -0.323 e. The molecule has 1 amide bonds. The summed E-state index contributed by atoms with van der Waals surface area (Å²) in [5.74, 6) is 4.33. The summed E-state index contributed by atoms with van der Waals surface area (Å²) in [5.41, 5.74) is 3.86. The van der Waals surface area contributed by atoms with Crippen molar-refractivity contribution in [3.8, 4) is 0 Å². The fourth-order valence-corrected chi connectivity index (χ4v) is 2.10. The lowest BCUT2D eigenvalue weighted by Crippen LogP contribution is -2.18. The number of hydrazine groups is 1. The van der Waals surface area contributed by atoms with Crippen LogP contribution in [0.15, 0.2) is 34.9 Å². The van der Waals surface area contributed by atoms with Crippen molar-refractivity contribution in [1.82, 2.24) is 4.98 Å². The summed E-state index contributed by atoms with van der Waals surface area (Å²) in [5, 5.41) is 2.49. The Morgan fingerprint density at radius 2 is 2.20 bits per heavy atom. The number of carbonyl (C=O) groups is 1. The van der Waals surface area contributed by atoms with Crippen LogP contribution in [0.2, 0.25) is 0 Å². The van der Waals surface area contributed by atoms with Gasteiger partial charge in [0.1, 0.15) is 5.82 Å². The van der Waals surface area contributed by atoms with Gasteiger partial charge in [-0.2, -0.15) is 0 Å². The first kappa shape index (κ1) is 14.4. The van der Waals surface area contributed by atoms with E-state index in [1.165, 1.54) is 18.3 Å². The van der Waals surface area contributed by atoms with E-state index in [1.807, 2.05) is 0 Å². The van der Waals surface area contributed by atoms with E-state index in [0.717, 1.165) is 0 Å². The van der Waals surface area contributed by atoms with Gasteiger partial charge in [0.25, 0.3) is 5.91 Å². The molecule has 0 fully saturated rings. The van der Waals surface area contributed by atoms with Gasteiger partial charge in [-0.3, -0.25) is 15.6 Å². The Morgan fingerprint density at radius 1 is 1.45 bits per heavy atom. The smallest absolute Gasteiger partial charge is 0.259 e. The van der Waals surface area contributed by atoms with Crippen molar-refractivity contribution in [2.45, 2.75) is 6.92 Å². The van der Waals surface area contributed by atoms with Crippen LogP contribution in [-0.4, -0.2) is 10.9 Å². The topological polar surface area (TPSA) is 80.0 Å². The number of para-hydroxylation sites is 1. The van der Waals surface area contributed by atoms with E-state index in [9.17, 15) is 9.18 Å². The molecule has 2 aromatic rings. The molecule has 0 atom stereocenters. The van der Waals surface area contributed by atoms with E-state index in [0.29, 0.717) is 15.9 Å². The molecule has 0 aliphatic carbocycles. The van der Waals surface area contributed by atoms with Crippen molar-refractivity contribution >= 4 is 33.2 Å². The molecule has 1 aromatic heterocycles. The fraction of sp³-hybridized carbons (Fsp3) is 0.0769. The van der Waals surface area contributed by atoms with Crippen LogP contribution in [0.4, 0.5) is 15.8 Å². The zero-order valence-electron chi connectivity index (χ0n) is 10.6. The highest BCUT2D eigenvalue weighted by Gasteiger charge is 2.15. The Hall–Kier alpha value is -1.99. The first-order valence-electron chi connectivity index (χ1n) is 5.71. The normalized spacial score (nSPS) is 10.2. The van der Waals surface area contributed by atoms with Gasteiger partial charge in [0.15, 0.2) is 0 Å². The zero-order chi connectivity index (χ0) is 14.7. The molecule has 0 bridgehead atoms. The van der Waals surface area contributed by atoms with Crippen molar-refractivity contribution in [2.24, 2.45) is 5.84 Å². The highest BCUT2D eigenvalue weighted by Crippen LogP contribution is 2.26. The standard InChI is InChI=1S/C13H12BrFN4O/c1-7-5-11(19-16)8(6-17-7)13(20)18-12-9(14)3-2-4-10(12)15/h2-6H,16H2,1H3,(H,17,19)(H,18,20). The van der Waals surface area contributed by atoms with Crippen LogP contribution in [0.25, 0.3) is 0 Å². The maximum absolute atomic E-state index is 13.7. The van der Waals surface area contributed by atoms with Crippen molar-refractivity contribution < 1.29 is 9.18 Å². The van der Waals surface area contributed by atoms with Gasteiger partial charge in [-0.05, 0) is 41.1 Å². The number of aryl methyl sites for hydroxylation is 1. The van der Waals surface area contributed by atoms with Gasteiger partial charge in [-0.25, -0.2) is 4.39 Å². The van der Waals surface area contributed by atoms with E-state index in [2.05, 4.69) is 31.7 Å². The number of hydrogen-bond donors (Lipinski definition) is 3. The maximum atomic E-state index is 13.7. The Kier molecular flexibility index (Phi) is 4.31. The van der Waals surface area contributed by atoms with E-state index in [-0.39, 0.29) is 11.3 Å². The molecule has 20 heavy (non-hydrogen) atoms. The van der Waals surface area contributed by atoms with Crippen LogP contribution < -0.4 is 16.6 Å². The molecule has 0 saturated carbocycles. The van der Waals surface area contributed by atoms with Crippen LogP contribution in [0, 0.1) is 12.7 Å². The third-order valence-corrected chi connectivity index (χ3v) is 3.30. The van der Waals surface area contributed by atoms with Gasteiger partial charge < -0.3 is 10.7 Å². The minimum atomic E-state index is -0.532. The number of hydrogen-bond acceptors (Lipinski definition) is 4. The number of aromatic nitrogens is 1. The Bertz CT molecular complexity index is 643. The maximum Gasteiger partial charge on any atom is 0.259 e. The predicted molar refractivity (Wildman–Crippen MR) is 78.8 cm³/mol. The fourth-order valence-electron chi connectivity index (χ4n) is 1.66. The second-order valence-corrected chi connectivity index (χ2v) is 4.92. The number of amides is 1. The molecule has 0 saturated heterocycles. The first-order valence-corrected chi connectivity index (χ1v) is 6.51. The summed E-state index contributed by atoms with van der Waals surface area (Å²) < 4.78 is 14.1. The van der Waals surface area contributed by atoms with Gasteiger partial charge in [0.05, 0.1) is 16.9 Å². The average Bonchev–Trinajstić information content (AvgIpc) is 2.42. The van der Waals surface area contributed by atoms with Crippen molar-refractivity contribution in [3.05, 3.63) is 52.0 Å². The van der Waals surface area contributed by atoms with Gasteiger partial charge in [0.2, 0.25) is 0 Å². The molecule has 2 rings (SSSR count). The molecule has 1 aromatic carbocycles. The number of halogens is 2. The van der Waals surface area contributed by atoms with Gasteiger partial charge in [-0.15, -0.1) is 0 Å². The third kappa shape index (κ3) is 2.94. The lowest BCUT2D eigenvalue weighted by molar-refractivity contribution is 0.102. The lowest BCUT2D eigenvalue weighted by Gasteiger charge is -2.11. The molecular weight excluding hydrogens is 327 g/mol. The Balaban J connectivity index is 2.33. The monoisotopic (exact) mass is 338 g/mol. The zero-order valence-corrected chi connectivity index (χ0v) is 12.2. The van der Waals surface area contributed by atoms with E-state index in [4.69, 9.17) is 5.84 Å². The van der Waals surface area contributed by atoms with E-state index >= 15 is 0 Å². The van der Waals surface area contributed by atoms with Crippen LogP contribution >= 0.6 is 15.9 Å². The number of pyridine rings is 1. The molecule has 4 N–H and O–H groups in total. The number of nitrogens with zero attached hydrogens (tertiary/aromatic N) is 1. The molecular formula is C13H12BrFN4O. The third-order valence-electron chi connectivity index (χ3n) is 2.64. The summed E-state index contributed by atoms with van der Waals surface area (Å²) >= 11 is 3.18. The summed E-state index contributed by atoms with van der Waals surface area (Å²) in [4.78, 5) is 16.2. The number of nitrogen functional groups attached to an aromatic ring is 1. The Labute approximate surface area is 123 Å². The Morgan fingerprint density at radius 3 is 2.85 bits per heavy atom. The SMILES string of the molecule is Cc1cc(NN)c(C(=O)Nc2c(F)cccc2Br)cn1. The highest BCUT2D eigenvalue weighted by atomic mass is 79.9. The predicted octanol–water partition coefficient (Wildman–Crippen LogP) is 2.83. The molecule has 0 unspecified atom stereocenters. The van der Waals surface area contributed by atoms with E-state index < -0.39 is 11.7 Å². The number of carbonyl (C=O) groups excluding carboxylic acids is 1. The molecule has 7 heteroatoms. The van der Waals surface area contributed by atoms with Crippen LogP contribution in [0.5, 0.6) is 0 Å². The summed E-state index contributed by atoms with van der Waals surface area (Å²) in [6.07, 6.45) is 1.38. The molecule has 104 valence electrons. The molecule has 0 aliphatic rings. The summed E-state index contributed by atoms with van der Waals surface area (Å²) in [7, 11) is 0. The molecule has 0 aliphatic heterocycles. The van der Waals surface area contributed by atoms with Gasteiger partial charge in [0, 0.05) is 16.4 Å². The lowest BCUT2D eigenvalue weighted by atomic mass is 10.2. The molecule has 0 spiro atoms. The first-order chi connectivity index (χ1) is 9.52. The number of anilines is 2. The molecule has 5 nitrogen and oxygen atoms in total. The number of nitrogens with one attached hydrogen (secondary N) is 2. The van der Waals surface area contributed by atoms with E-state index in [1.54, 1.807) is 19.1 Å². The molecule has 1 heterocycles. The second-order valence-electron chi connectivity index (χ2n) is 4.07. The van der Waals surface area contributed by atoms with Gasteiger partial charge in [-0.1, -0.05) is 6.07 Å². The quantitative estimate of drug-likeness (QED) is 0.593. The number of nitrogens with two attached hydrogens (primary N) is 1. The summed E-state index contributed by atoms with van der Waals surface area (Å²) in [6.45, 7) is 1.77. The molecule has 0 radical (unpaired) electrons. The number of rotatable bonds is 3. The average molecular weight is 339 g/mol. The van der Waals surface area contributed by atoms with Crippen LogP contribution in [0.1, 0.15) is 16.1 Å². The van der Waals surface area contributed by atoms with Crippen molar-refractivity contribution in [2.75, 3.05) is 10.7 Å².